The fraction of sp³-hybridized carbons (Fsp3) is 0.429. The van der Waals surface area contributed by atoms with Crippen LogP contribution < -0.4 is 5.32 Å². The number of hydrogen-bond donors (Lipinski definition) is 1. The molecule has 1 aromatic carbocycles. The van der Waals surface area contributed by atoms with Crippen LogP contribution in [0.5, 0.6) is 0 Å². The third-order valence-corrected chi connectivity index (χ3v) is 2.79. The molecular weight excluding hydrogens is 268 g/mol. The number of carbonyl (C=O) groups excluding carboxylic acids is 2. The zero-order chi connectivity index (χ0) is 15.3. The van der Waals surface area contributed by atoms with Crippen molar-refractivity contribution in [1.29, 1.82) is 0 Å². The molecule has 0 bridgehead atoms. The molecule has 0 radical (unpaired) electrons. The van der Waals surface area contributed by atoms with Crippen LogP contribution in [0.15, 0.2) is 18.2 Å². The van der Waals surface area contributed by atoms with Crippen LogP contribution in [-0.2, 0) is 20.7 Å². The number of amides is 1. The second-order valence-electron chi connectivity index (χ2n) is 4.74. The molecule has 4 nitrogen and oxygen atoms in total. The molecule has 0 spiro atoms. The lowest BCUT2D eigenvalue weighted by molar-refractivity contribution is -0.146. The van der Waals surface area contributed by atoms with E-state index in [1.807, 2.05) is 0 Å². The topological polar surface area (TPSA) is 55.4 Å². The van der Waals surface area contributed by atoms with Gasteiger partial charge in [-0.2, -0.15) is 0 Å². The Balaban J connectivity index is 2.70. The molecule has 1 atom stereocenters. The molecule has 1 N–H and O–H groups in total. The molecule has 6 heteroatoms. The average Bonchev–Trinajstić information content (AvgIpc) is 2.39. The van der Waals surface area contributed by atoms with Crippen LogP contribution >= 0.6 is 0 Å². The summed E-state index contributed by atoms with van der Waals surface area (Å²) in [5, 5.41) is 2.52. The molecule has 0 aliphatic heterocycles. The summed E-state index contributed by atoms with van der Waals surface area (Å²) in [6.07, 6.45) is -0.141. The van der Waals surface area contributed by atoms with Crippen LogP contribution in [0.1, 0.15) is 19.4 Å². The van der Waals surface area contributed by atoms with E-state index in [1.165, 1.54) is 13.2 Å². The highest BCUT2D eigenvalue weighted by Crippen LogP contribution is 2.10. The molecule has 0 saturated carbocycles. The number of carbonyl (C=O) groups is 2. The summed E-state index contributed by atoms with van der Waals surface area (Å²) in [7, 11) is 1.24. The quantitative estimate of drug-likeness (QED) is 0.840. The summed E-state index contributed by atoms with van der Waals surface area (Å²) in [6.45, 7) is 3.53. The summed E-state index contributed by atoms with van der Waals surface area (Å²) >= 11 is 0. The first-order chi connectivity index (χ1) is 9.35. The van der Waals surface area contributed by atoms with Gasteiger partial charge in [-0.15, -0.1) is 0 Å². The number of rotatable bonds is 5. The van der Waals surface area contributed by atoms with Crippen molar-refractivity contribution in [3.63, 3.8) is 0 Å². The van der Waals surface area contributed by atoms with Crippen molar-refractivity contribution in [1.82, 2.24) is 5.32 Å². The van der Waals surface area contributed by atoms with Crippen LogP contribution in [0.4, 0.5) is 8.78 Å². The van der Waals surface area contributed by atoms with Crippen molar-refractivity contribution in [2.75, 3.05) is 7.11 Å². The largest absolute Gasteiger partial charge is 0.467 e. The lowest BCUT2D eigenvalue weighted by Gasteiger charge is -2.19. The molecule has 0 aromatic heterocycles. The van der Waals surface area contributed by atoms with Gasteiger partial charge in [-0.25, -0.2) is 13.6 Å². The van der Waals surface area contributed by atoms with E-state index in [0.29, 0.717) is 5.56 Å². The van der Waals surface area contributed by atoms with Gasteiger partial charge in [0.15, 0.2) is 11.6 Å². The number of esters is 1. The highest BCUT2D eigenvalue weighted by molar-refractivity contribution is 5.85. The Morgan fingerprint density at radius 3 is 2.40 bits per heavy atom. The molecule has 0 saturated heterocycles. The van der Waals surface area contributed by atoms with Crippen molar-refractivity contribution in [2.45, 2.75) is 26.3 Å². The van der Waals surface area contributed by atoms with Crippen molar-refractivity contribution in [3.05, 3.63) is 35.4 Å². The maximum atomic E-state index is 13.0. The monoisotopic (exact) mass is 285 g/mol. The second kappa shape index (κ2) is 6.98. The number of hydrogen-bond acceptors (Lipinski definition) is 3. The minimum Gasteiger partial charge on any atom is -0.467 e. The normalized spacial score (nSPS) is 12.1. The Kier molecular flexibility index (Phi) is 5.61. The molecule has 1 rings (SSSR count). The fourth-order valence-corrected chi connectivity index (χ4v) is 1.68. The zero-order valence-corrected chi connectivity index (χ0v) is 11.6. The first-order valence-electron chi connectivity index (χ1n) is 6.16. The maximum Gasteiger partial charge on any atom is 0.328 e. The van der Waals surface area contributed by atoms with Crippen molar-refractivity contribution < 1.29 is 23.1 Å². The smallest absolute Gasteiger partial charge is 0.328 e. The van der Waals surface area contributed by atoms with Gasteiger partial charge >= 0.3 is 5.97 Å². The van der Waals surface area contributed by atoms with Gasteiger partial charge in [0.05, 0.1) is 13.5 Å². The Labute approximate surface area is 116 Å². The lowest BCUT2D eigenvalue weighted by Crippen LogP contribution is -2.45. The maximum absolute atomic E-state index is 13.0. The van der Waals surface area contributed by atoms with Crippen molar-refractivity contribution in [2.24, 2.45) is 5.92 Å². The number of methoxy groups -OCH3 is 1. The molecule has 0 aliphatic rings. The molecular formula is C14H17F2NO3. The van der Waals surface area contributed by atoms with E-state index in [0.717, 1.165) is 12.1 Å². The van der Waals surface area contributed by atoms with Gasteiger partial charge < -0.3 is 10.1 Å². The van der Waals surface area contributed by atoms with Crippen molar-refractivity contribution in [3.8, 4) is 0 Å². The highest BCUT2D eigenvalue weighted by Gasteiger charge is 2.24. The molecule has 0 heterocycles. The zero-order valence-electron chi connectivity index (χ0n) is 11.6. The van der Waals surface area contributed by atoms with Gasteiger partial charge in [0.1, 0.15) is 6.04 Å². The van der Waals surface area contributed by atoms with E-state index in [-0.39, 0.29) is 12.3 Å². The molecule has 1 aromatic rings. The van der Waals surface area contributed by atoms with Gasteiger partial charge in [0, 0.05) is 0 Å². The molecule has 0 aliphatic carbocycles. The van der Waals surface area contributed by atoms with Crippen LogP contribution in [0.25, 0.3) is 0 Å². The minimum absolute atomic E-state index is 0.141. The van der Waals surface area contributed by atoms with Gasteiger partial charge in [-0.05, 0) is 23.6 Å². The molecule has 20 heavy (non-hydrogen) atoms. The van der Waals surface area contributed by atoms with Gasteiger partial charge in [0.25, 0.3) is 0 Å². The SMILES string of the molecule is COC(=O)[C@H](NC(=O)Cc1ccc(F)c(F)c1)C(C)C. The third kappa shape index (κ3) is 4.29. The summed E-state index contributed by atoms with van der Waals surface area (Å²) in [5.41, 5.74) is 0.328. The van der Waals surface area contributed by atoms with Gasteiger partial charge in [-0.3, -0.25) is 4.79 Å². The van der Waals surface area contributed by atoms with Crippen LogP contribution in [0.2, 0.25) is 0 Å². The Morgan fingerprint density at radius 2 is 1.90 bits per heavy atom. The highest BCUT2D eigenvalue weighted by atomic mass is 19.2. The second-order valence-corrected chi connectivity index (χ2v) is 4.74. The third-order valence-electron chi connectivity index (χ3n) is 2.79. The van der Waals surface area contributed by atoms with Crippen LogP contribution in [-0.4, -0.2) is 25.0 Å². The van der Waals surface area contributed by atoms with Crippen LogP contribution in [0.3, 0.4) is 0 Å². The fourth-order valence-electron chi connectivity index (χ4n) is 1.68. The minimum atomic E-state index is -1.01. The van der Waals surface area contributed by atoms with E-state index >= 15 is 0 Å². The molecule has 1 amide bonds. The summed E-state index contributed by atoms with van der Waals surface area (Å²) < 4.78 is 30.4. The number of nitrogens with one attached hydrogen (secondary N) is 1. The Hall–Kier alpha value is -1.98. The summed E-state index contributed by atoms with van der Waals surface area (Å²) in [6, 6.07) is 2.47. The number of halogens is 2. The molecule has 0 fully saturated rings. The van der Waals surface area contributed by atoms with Gasteiger partial charge in [0.2, 0.25) is 5.91 Å². The predicted octanol–water partition coefficient (Wildman–Crippen LogP) is 1.82. The average molecular weight is 285 g/mol. The summed E-state index contributed by atoms with van der Waals surface area (Å²) in [4.78, 5) is 23.3. The standard InChI is InChI=1S/C14H17F2NO3/c1-8(2)13(14(19)20-3)17-12(18)7-9-4-5-10(15)11(16)6-9/h4-6,8,13H,7H2,1-3H3,(H,17,18)/t13-/m1/s1. The van der Waals surface area contributed by atoms with Crippen molar-refractivity contribution >= 4 is 11.9 Å². The van der Waals surface area contributed by atoms with Crippen LogP contribution in [0, 0.1) is 17.6 Å². The van der Waals surface area contributed by atoms with E-state index in [1.54, 1.807) is 13.8 Å². The Bertz CT molecular complexity index is 503. The predicted molar refractivity (Wildman–Crippen MR) is 68.8 cm³/mol. The van der Waals surface area contributed by atoms with E-state index in [9.17, 15) is 18.4 Å². The Morgan fingerprint density at radius 1 is 1.25 bits per heavy atom. The molecule has 110 valence electrons. The first kappa shape index (κ1) is 16.1. The lowest BCUT2D eigenvalue weighted by atomic mass is 10.0. The first-order valence-corrected chi connectivity index (χ1v) is 6.16. The summed E-state index contributed by atoms with van der Waals surface area (Å²) in [5.74, 6) is -3.12. The number of ether oxygens (including phenoxy) is 1. The molecule has 0 unspecified atom stereocenters. The van der Waals surface area contributed by atoms with Gasteiger partial charge in [-0.1, -0.05) is 19.9 Å². The van der Waals surface area contributed by atoms with E-state index < -0.39 is 29.6 Å². The van der Waals surface area contributed by atoms with E-state index in [2.05, 4.69) is 10.1 Å². The van der Waals surface area contributed by atoms with E-state index in [4.69, 9.17) is 0 Å². The number of benzene rings is 1.